The van der Waals surface area contributed by atoms with Crippen molar-refractivity contribution in [1.82, 2.24) is 4.57 Å². The minimum atomic E-state index is -4.27. The summed E-state index contributed by atoms with van der Waals surface area (Å²) in [6, 6.07) is 14.8. The number of nitrogens with zero attached hydrogens (tertiary/aromatic N) is 1. The van der Waals surface area contributed by atoms with E-state index in [4.69, 9.17) is 4.74 Å². The normalized spacial score (nSPS) is 11.7. The van der Waals surface area contributed by atoms with Crippen molar-refractivity contribution >= 4 is 21.0 Å². The van der Waals surface area contributed by atoms with Gasteiger partial charge in [-0.15, -0.1) is 0 Å². The maximum absolute atomic E-state index is 11.5. The monoisotopic (exact) mass is 317 g/mol. The molecule has 0 fully saturated rings. The molecule has 1 aromatic heterocycles. The molecule has 0 saturated heterocycles. The van der Waals surface area contributed by atoms with Gasteiger partial charge < -0.3 is 9.30 Å². The van der Waals surface area contributed by atoms with Gasteiger partial charge in [0.15, 0.2) is 0 Å². The predicted molar refractivity (Wildman–Crippen MR) is 83.5 cm³/mol. The summed E-state index contributed by atoms with van der Waals surface area (Å²) in [5, 5.41) is 0.440. The average Bonchev–Trinajstić information content (AvgIpc) is 2.84. The summed E-state index contributed by atoms with van der Waals surface area (Å²) in [5.74, 6) is 0.568. The first kappa shape index (κ1) is 14.6. The zero-order chi connectivity index (χ0) is 15.7. The van der Waals surface area contributed by atoms with Crippen LogP contribution >= 0.6 is 0 Å². The Kier molecular flexibility index (Phi) is 3.64. The summed E-state index contributed by atoms with van der Waals surface area (Å²) in [5.41, 5.74) is 1.65. The summed E-state index contributed by atoms with van der Waals surface area (Å²) < 4.78 is 39.7. The Labute approximate surface area is 128 Å². The van der Waals surface area contributed by atoms with E-state index in [1.165, 1.54) is 6.20 Å². The van der Waals surface area contributed by atoms with Crippen molar-refractivity contribution in [1.29, 1.82) is 0 Å². The molecule has 22 heavy (non-hydrogen) atoms. The summed E-state index contributed by atoms with van der Waals surface area (Å²) in [4.78, 5) is -0.116. The Bertz CT molecular complexity index is 914. The van der Waals surface area contributed by atoms with Gasteiger partial charge in [-0.2, -0.15) is 8.42 Å². The molecule has 0 saturated carbocycles. The highest BCUT2D eigenvalue weighted by atomic mass is 32.2. The molecule has 0 radical (unpaired) electrons. The molecule has 5 nitrogen and oxygen atoms in total. The standard InChI is InChI=1S/C16H15NO4S/c1-17-10-15(22(18,19)20)13-8-5-9-14(16(13)17)21-11-12-6-3-2-4-7-12/h2-10H,11H2,1H3,(H,18,19,20). The van der Waals surface area contributed by atoms with Gasteiger partial charge >= 0.3 is 0 Å². The molecule has 1 N–H and O–H groups in total. The molecule has 0 bridgehead atoms. The van der Waals surface area contributed by atoms with Crippen molar-refractivity contribution in [2.75, 3.05) is 0 Å². The third-order valence-corrected chi connectivity index (χ3v) is 4.32. The van der Waals surface area contributed by atoms with Crippen LogP contribution in [0, 0.1) is 0 Å². The molecule has 2 aromatic carbocycles. The number of hydrogen-bond acceptors (Lipinski definition) is 3. The van der Waals surface area contributed by atoms with E-state index in [2.05, 4.69) is 0 Å². The second-order valence-electron chi connectivity index (χ2n) is 5.01. The molecule has 0 aliphatic heterocycles. The lowest BCUT2D eigenvalue weighted by molar-refractivity contribution is 0.309. The van der Waals surface area contributed by atoms with E-state index in [-0.39, 0.29) is 4.90 Å². The van der Waals surface area contributed by atoms with Crippen molar-refractivity contribution < 1.29 is 17.7 Å². The van der Waals surface area contributed by atoms with Crippen LogP contribution in [0.15, 0.2) is 59.6 Å². The number of ether oxygens (including phenoxy) is 1. The molecule has 0 aliphatic rings. The Balaban J connectivity index is 2.02. The predicted octanol–water partition coefficient (Wildman–Crippen LogP) is 3.00. The molecular formula is C16H15NO4S. The van der Waals surface area contributed by atoms with Crippen LogP contribution in [0.2, 0.25) is 0 Å². The van der Waals surface area contributed by atoms with Crippen LogP contribution < -0.4 is 4.74 Å². The van der Waals surface area contributed by atoms with E-state index >= 15 is 0 Å². The Morgan fingerprint density at radius 1 is 1.09 bits per heavy atom. The second-order valence-corrected chi connectivity index (χ2v) is 6.40. The lowest BCUT2D eigenvalue weighted by Gasteiger charge is -2.09. The van der Waals surface area contributed by atoms with Gasteiger partial charge in [0.1, 0.15) is 17.3 Å². The minimum absolute atomic E-state index is 0.116. The Morgan fingerprint density at radius 3 is 2.50 bits per heavy atom. The van der Waals surface area contributed by atoms with Gasteiger partial charge in [0, 0.05) is 18.6 Å². The fourth-order valence-corrected chi connectivity index (χ4v) is 3.19. The van der Waals surface area contributed by atoms with E-state index in [1.54, 1.807) is 29.8 Å². The quantitative estimate of drug-likeness (QED) is 0.751. The highest BCUT2D eigenvalue weighted by Gasteiger charge is 2.19. The van der Waals surface area contributed by atoms with Crippen LogP contribution in [0.3, 0.4) is 0 Å². The molecule has 6 heteroatoms. The molecule has 1 heterocycles. The maximum Gasteiger partial charge on any atom is 0.296 e. The van der Waals surface area contributed by atoms with Gasteiger partial charge in [0.05, 0.1) is 5.52 Å². The van der Waals surface area contributed by atoms with E-state index in [0.29, 0.717) is 23.3 Å². The number of aromatic nitrogens is 1. The van der Waals surface area contributed by atoms with Gasteiger partial charge in [-0.3, -0.25) is 4.55 Å². The Morgan fingerprint density at radius 2 is 1.82 bits per heavy atom. The molecule has 3 aromatic rings. The van der Waals surface area contributed by atoms with Crippen LogP contribution in [-0.4, -0.2) is 17.5 Å². The molecule has 0 amide bonds. The third-order valence-electron chi connectivity index (χ3n) is 3.44. The number of hydrogen-bond donors (Lipinski definition) is 1. The van der Waals surface area contributed by atoms with Crippen LogP contribution in [0.25, 0.3) is 10.9 Å². The molecule has 3 rings (SSSR count). The number of aryl methyl sites for hydroxylation is 1. The van der Waals surface area contributed by atoms with Gasteiger partial charge in [0.25, 0.3) is 10.1 Å². The van der Waals surface area contributed by atoms with Crippen LogP contribution in [0.5, 0.6) is 5.75 Å². The smallest absolute Gasteiger partial charge is 0.296 e. The molecule has 0 aliphatic carbocycles. The topological polar surface area (TPSA) is 68.5 Å². The average molecular weight is 317 g/mol. The number of benzene rings is 2. The highest BCUT2D eigenvalue weighted by Crippen LogP contribution is 2.32. The van der Waals surface area contributed by atoms with Crippen molar-refractivity contribution in [2.24, 2.45) is 7.05 Å². The van der Waals surface area contributed by atoms with Crippen molar-refractivity contribution in [3.63, 3.8) is 0 Å². The number of para-hydroxylation sites is 1. The van der Waals surface area contributed by atoms with Crippen molar-refractivity contribution in [3.05, 3.63) is 60.3 Å². The fourth-order valence-electron chi connectivity index (χ4n) is 2.45. The van der Waals surface area contributed by atoms with Crippen LogP contribution in [0.1, 0.15) is 5.56 Å². The van der Waals surface area contributed by atoms with E-state index in [0.717, 1.165) is 5.56 Å². The number of rotatable bonds is 4. The first-order valence-corrected chi connectivity index (χ1v) is 8.13. The first-order valence-electron chi connectivity index (χ1n) is 6.69. The van der Waals surface area contributed by atoms with Crippen molar-refractivity contribution in [3.8, 4) is 5.75 Å². The summed E-state index contributed by atoms with van der Waals surface area (Å²) in [6.45, 7) is 0.381. The second kappa shape index (κ2) is 5.47. The molecule has 0 spiro atoms. The fraction of sp³-hybridized carbons (Fsp3) is 0.125. The SMILES string of the molecule is Cn1cc(S(=O)(=O)O)c2cccc(OCc3ccccc3)c21. The van der Waals surface area contributed by atoms with Gasteiger partial charge in [0.2, 0.25) is 0 Å². The zero-order valence-corrected chi connectivity index (χ0v) is 12.7. The van der Waals surface area contributed by atoms with Crippen LogP contribution in [-0.2, 0) is 23.8 Å². The summed E-state index contributed by atoms with van der Waals surface area (Å²) >= 11 is 0. The molecule has 0 unspecified atom stereocenters. The van der Waals surface area contributed by atoms with E-state index < -0.39 is 10.1 Å². The van der Waals surface area contributed by atoms with Gasteiger partial charge in [-0.05, 0) is 11.6 Å². The molecule has 114 valence electrons. The van der Waals surface area contributed by atoms with E-state index in [1.807, 2.05) is 30.3 Å². The number of fused-ring (bicyclic) bond motifs is 1. The summed E-state index contributed by atoms with van der Waals surface area (Å²) in [7, 11) is -2.55. The van der Waals surface area contributed by atoms with Crippen molar-refractivity contribution in [2.45, 2.75) is 11.5 Å². The van der Waals surface area contributed by atoms with E-state index in [9.17, 15) is 13.0 Å². The third kappa shape index (κ3) is 2.70. The van der Waals surface area contributed by atoms with Gasteiger partial charge in [-0.1, -0.05) is 42.5 Å². The highest BCUT2D eigenvalue weighted by molar-refractivity contribution is 7.86. The zero-order valence-electron chi connectivity index (χ0n) is 11.9. The molecule has 0 atom stereocenters. The maximum atomic E-state index is 11.5. The minimum Gasteiger partial charge on any atom is -0.487 e. The Hall–Kier alpha value is -2.31. The van der Waals surface area contributed by atoms with Gasteiger partial charge in [-0.25, -0.2) is 0 Å². The first-order chi connectivity index (χ1) is 10.5. The lowest BCUT2D eigenvalue weighted by Crippen LogP contribution is -1.97. The molecular weight excluding hydrogens is 302 g/mol. The van der Waals surface area contributed by atoms with Crippen LogP contribution in [0.4, 0.5) is 0 Å². The lowest BCUT2D eigenvalue weighted by atomic mass is 10.2. The summed E-state index contributed by atoms with van der Waals surface area (Å²) in [6.07, 6.45) is 1.38. The largest absolute Gasteiger partial charge is 0.487 e.